The van der Waals surface area contributed by atoms with Gasteiger partial charge >= 0.3 is 6.18 Å². The van der Waals surface area contributed by atoms with Crippen molar-refractivity contribution < 1.29 is 22.8 Å². The summed E-state index contributed by atoms with van der Waals surface area (Å²) in [5.74, 6) is -0.186. The summed E-state index contributed by atoms with van der Waals surface area (Å²) in [6, 6.07) is 2.08. The second-order valence-corrected chi connectivity index (χ2v) is 11.7. The lowest BCUT2D eigenvalue weighted by molar-refractivity contribution is -0.172. The van der Waals surface area contributed by atoms with Crippen molar-refractivity contribution in [2.24, 2.45) is 11.3 Å². The molecule has 0 aliphatic carbocycles. The number of allylic oxidation sites excluding steroid dienone is 1. The Balaban J connectivity index is 1.21. The van der Waals surface area contributed by atoms with E-state index in [1.165, 1.54) is 15.8 Å². The quantitative estimate of drug-likeness (QED) is 0.427. The van der Waals surface area contributed by atoms with Crippen molar-refractivity contribution in [1.29, 1.82) is 5.26 Å². The first-order valence-corrected chi connectivity index (χ1v) is 14.4. The van der Waals surface area contributed by atoms with Crippen molar-refractivity contribution in [1.82, 2.24) is 44.1 Å². The number of carbonyl (C=O) groups excluding carboxylic acids is 2. The molecule has 16 heteroatoms. The van der Waals surface area contributed by atoms with Crippen LogP contribution >= 0.6 is 0 Å². The molecule has 0 saturated carbocycles. The molecule has 3 aliphatic heterocycles. The maximum atomic E-state index is 13.3. The highest BCUT2D eigenvalue weighted by Crippen LogP contribution is 2.42. The SMILES string of the molecule is C=Cn1nc(Nc2cnn(CC(=O)N3CCN(C)CC3)c2)nc1/C(=C\C)N1CC(CC#N)(C(=O)N2CC(CC(F)(F)F)C2)C1. The number of nitriles is 1. The molecule has 5 heterocycles. The Bertz CT molecular complexity index is 1450. The van der Waals surface area contributed by atoms with Gasteiger partial charge in [-0.25, -0.2) is 4.68 Å². The summed E-state index contributed by atoms with van der Waals surface area (Å²) < 4.78 is 41.2. The van der Waals surface area contributed by atoms with E-state index in [1.54, 1.807) is 17.1 Å². The van der Waals surface area contributed by atoms with Gasteiger partial charge in [-0.3, -0.25) is 14.3 Å². The number of halogens is 3. The van der Waals surface area contributed by atoms with Gasteiger partial charge < -0.3 is 24.9 Å². The minimum Gasteiger partial charge on any atom is -0.366 e. The van der Waals surface area contributed by atoms with Gasteiger partial charge in [0.15, 0.2) is 5.82 Å². The molecule has 5 rings (SSSR count). The van der Waals surface area contributed by atoms with Crippen LogP contribution in [0.15, 0.2) is 25.0 Å². The molecule has 2 amide bonds. The van der Waals surface area contributed by atoms with E-state index >= 15 is 0 Å². The van der Waals surface area contributed by atoms with Crippen LogP contribution in [0.1, 0.15) is 25.6 Å². The third-order valence-corrected chi connectivity index (χ3v) is 8.31. The number of amides is 2. The van der Waals surface area contributed by atoms with E-state index in [0.29, 0.717) is 30.3 Å². The van der Waals surface area contributed by atoms with Crippen molar-refractivity contribution in [2.75, 3.05) is 64.7 Å². The Hall–Kier alpha value is -4.39. The molecule has 1 N–H and O–H groups in total. The third-order valence-electron chi connectivity index (χ3n) is 8.31. The van der Waals surface area contributed by atoms with Crippen LogP contribution in [0.4, 0.5) is 24.8 Å². The van der Waals surface area contributed by atoms with E-state index in [1.807, 2.05) is 29.8 Å². The highest BCUT2D eigenvalue weighted by atomic mass is 19.4. The maximum absolute atomic E-state index is 13.3. The smallest absolute Gasteiger partial charge is 0.366 e. The molecule has 3 fully saturated rings. The predicted molar refractivity (Wildman–Crippen MR) is 155 cm³/mol. The number of anilines is 2. The molecule has 2 aromatic heterocycles. The highest BCUT2D eigenvalue weighted by molar-refractivity contribution is 5.86. The van der Waals surface area contributed by atoms with Gasteiger partial charge in [-0.2, -0.15) is 28.5 Å². The molecule has 3 saturated heterocycles. The lowest BCUT2D eigenvalue weighted by atomic mass is 9.74. The number of aromatic nitrogens is 5. The summed E-state index contributed by atoms with van der Waals surface area (Å²) in [6.07, 6.45) is 1.36. The van der Waals surface area contributed by atoms with Gasteiger partial charge in [-0.1, -0.05) is 12.7 Å². The monoisotopic (exact) mass is 615 g/mol. The van der Waals surface area contributed by atoms with E-state index in [9.17, 15) is 28.0 Å². The van der Waals surface area contributed by atoms with Gasteiger partial charge in [-0.05, 0) is 14.0 Å². The standard InChI is InChI=1S/C28H36F3N11O2/c1-4-22(40-18-27(19-40,6-7-32)25(44)39-14-20(15-39)12-28(29,30)31)24-35-26(36-42(24)5-2)34-21-13-33-41(16-21)17-23(43)38-10-8-37(3)9-11-38/h4-5,13,16,20H,2,6,8-12,14-15,17-19H2,1,3H3,(H,34,36)/b22-4+. The lowest BCUT2D eigenvalue weighted by Gasteiger charge is -2.53. The van der Waals surface area contributed by atoms with Crippen molar-refractivity contribution in [3.63, 3.8) is 0 Å². The Morgan fingerprint density at radius 3 is 2.50 bits per heavy atom. The molecule has 0 spiro atoms. The summed E-state index contributed by atoms with van der Waals surface area (Å²) in [5.41, 5.74) is 0.258. The first-order valence-electron chi connectivity index (χ1n) is 14.4. The number of rotatable bonds is 10. The van der Waals surface area contributed by atoms with Crippen LogP contribution in [0.2, 0.25) is 0 Å². The molecule has 0 atom stereocenters. The van der Waals surface area contributed by atoms with Crippen LogP contribution in [-0.4, -0.2) is 122 Å². The van der Waals surface area contributed by atoms with E-state index in [4.69, 9.17) is 0 Å². The zero-order valence-electron chi connectivity index (χ0n) is 24.8. The van der Waals surface area contributed by atoms with Gasteiger partial charge in [0, 0.05) is 77.1 Å². The van der Waals surface area contributed by atoms with Gasteiger partial charge in [0.05, 0.1) is 35.5 Å². The van der Waals surface area contributed by atoms with Gasteiger partial charge in [0.1, 0.15) is 6.54 Å². The summed E-state index contributed by atoms with van der Waals surface area (Å²) in [5, 5.41) is 21.3. The molecule has 2 aromatic rings. The number of alkyl halides is 3. The zero-order valence-corrected chi connectivity index (χ0v) is 24.8. The second kappa shape index (κ2) is 12.3. The Kier molecular flexibility index (Phi) is 8.69. The maximum Gasteiger partial charge on any atom is 0.389 e. The highest BCUT2D eigenvalue weighted by Gasteiger charge is 2.54. The van der Waals surface area contributed by atoms with Gasteiger partial charge in [-0.15, -0.1) is 5.10 Å². The van der Waals surface area contributed by atoms with Crippen LogP contribution < -0.4 is 5.32 Å². The Morgan fingerprint density at radius 2 is 1.89 bits per heavy atom. The number of likely N-dealkylation sites (tertiary alicyclic amines) is 2. The van der Waals surface area contributed by atoms with Crippen LogP contribution in [0.25, 0.3) is 11.9 Å². The summed E-state index contributed by atoms with van der Waals surface area (Å²) >= 11 is 0. The minimum absolute atomic E-state index is 0.00226. The van der Waals surface area contributed by atoms with E-state index in [2.05, 4.69) is 38.0 Å². The summed E-state index contributed by atoms with van der Waals surface area (Å²) in [4.78, 5) is 37.9. The van der Waals surface area contributed by atoms with Crippen LogP contribution in [0.5, 0.6) is 0 Å². The first-order chi connectivity index (χ1) is 20.9. The minimum atomic E-state index is -4.27. The Labute approximate surface area is 253 Å². The van der Waals surface area contributed by atoms with Crippen LogP contribution in [0, 0.1) is 22.7 Å². The summed E-state index contributed by atoms with van der Waals surface area (Å²) in [6.45, 7) is 9.33. The molecule has 44 heavy (non-hydrogen) atoms. The second-order valence-electron chi connectivity index (χ2n) is 11.7. The van der Waals surface area contributed by atoms with Crippen molar-refractivity contribution in [3.05, 3.63) is 30.9 Å². The van der Waals surface area contributed by atoms with Crippen LogP contribution in [-0.2, 0) is 16.1 Å². The molecule has 13 nitrogen and oxygen atoms in total. The lowest BCUT2D eigenvalue weighted by Crippen LogP contribution is -2.66. The van der Waals surface area contributed by atoms with Crippen molar-refractivity contribution >= 4 is 35.3 Å². The fourth-order valence-corrected chi connectivity index (χ4v) is 5.93. The van der Waals surface area contributed by atoms with Gasteiger partial charge in [0.2, 0.25) is 17.8 Å². The fourth-order valence-electron chi connectivity index (χ4n) is 5.93. The average molecular weight is 616 g/mol. The van der Waals surface area contributed by atoms with E-state index in [-0.39, 0.29) is 56.9 Å². The predicted octanol–water partition coefficient (Wildman–Crippen LogP) is 2.08. The number of carbonyl (C=O) groups is 2. The summed E-state index contributed by atoms with van der Waals surface area (Å²) in [7, 11) is 2.03. The number of hydrogen-bond donors (Lipinski definition) is 1. The molecule has 0 aromatic carbocycles. The molecule has 236 valence electrons. The molecular weight excluding hydrogens is 579 g/mol. The zero-order chi connectivity index (χ0) is 31.6. The largest absolute Gasteiger partial charge is 0.389 e. The number of hydrogen-bond acceptors (Lipinski definition) is 9. The molecule has 0 bridgehead atoms. The van der Waals surface area contributed by atoms with Gasteiger partial charge in [0.25, 0.3) is 0 Å². The number of nitrogens with zero attached hydrogens (tertiary/aromatic N) is 10. The average Bonchev–Trinajstić information content (AvgIpc) is 3.55. The van der Waals surface area contributed by atoms with Crippen LogP contribution in [0.3, 0.4) is 0 Å². The first kappa shape index (κ1) is 31.0. The molecule has 0 unspecified atom stereocenters. The fraction of sp³-hybridized carbons (Fsp3) is 0.571. The topological polar surface area (TPSA) is 131 Å². The number of piperazine rings is 1. The van der Waals surface area contributed by atoms with Crippen molar-refractivity contribution in [3.8, 4) is 6.07 Å². The third kappa shape index (κ3) is 6.57. The molecule has 3 aliphatic rings. The molecule has 0 radical (unpaired) electrons. The number of nitrogens with one attached hydrogen (secondary N) is 1. The van der Waals surface area contributed by atoms with E-state index < -0.39 is 23.9 Å². The normalized spacial score (nSPS) is 19.3. The molecular formula is C28H36F3N11O2. The van der Waals surface area contributed by atoms with Crippen molar-refractivity contribution in [2.45, 2.75) is 32.5 Å². The Morgan fingerprint density at radius 1 is 1.18 bits per heavy atom. The number of likely N-dealkylation sites (N-methyl/N-ethyl adjacent to an activating group) is 1. The van der Waals surface area contributed by atoms with E-state index in [0.717, 1.165) is 13.1 Å².